The molecule has 1 aliphatic rings. The van der Waals surface area contributed by atoms with Gasteiger partial charge in [-0.25, -0.2) is 8.42 Å². The van der Waals surface area contributed by atoms with E-state index < -0.39 is 21.5 Å². The van der Waals surface area contributed by atoms with Crippen LogP contribution in [0, 0.1) is 0 Å². The summed E-state index contributed by atoms with van der Waals surface area (Å²) in [4.78, 5) is 2.50. The first-order valence-corrected chi connectivity index (χ1v) is 10.0. The van der Waals surface area contributed by atoms with Crippen molar-refractivity contribution in [2.24, 2.45) is 0 Å². The Bertz CT molecular complexity index is 622. The molecule has 6 nitrogen and oxygen atoms in total. The zero-order valence-electron chi connectivity index (χ0n) is 14.7. The Morgan fingerprint density at radius 3 is 2.38 bits per heavy atom. The lowest BCUT2D eigenvalue weighted by atomic mass is 10.0. The van der Waals surface area contributed by atoms with Gasteiger partial charge in [-0.05, 0) is 38.1 Å². The van der Waals surface area contributed by atoms with Gasteiger partial charge < -0.3 is 15.2 Å². The Kier molecular flexibility index (Phi) is 6.25. The number of sulfone groups is 1. The van der Waals surface area contributed by atoms with E-state index >= 15 is 0 Å². The average molecular weight is 356 g/mol. The van der Waals surface area contributed by atoms with Gasteiger partial charge in [0.2, 0.25) is 0 Å². The average Bonchev–Trinajstić information content (AvgIpc) is 2.56. The normalized spacial score (nSPS) is 18.3. The van der Waals surface area contributed by atoms with Gasteiger partial charge in [0, 0.05) is 32.7 Å². The van der Waals surface area contributed by atoms with Gasteiger partial charge in [-0.1, -0.05) is 6.92 Å². The molecule has 1 saturated heterocycles. The maximum absolute atomic E-state index is 11.8. The minimum atomic E-state index is -3.21. The predicted molar refractivity (Wildman–Crippen MR) is 94.2 cm³/mol. The largest absolute Gasteiger partial charge is 0.485 e. The molecular formula is C17H28N2O4S. The predicted octanol–water partition coefficient (Wildman–Crippen LogP) is 0.904. The van der Waals surface area contributed by atoms with Gasteiger partial charge in [-0.15, -0.1) is 0 Å². The molecule has 1 heterocycles. The molecular weight excluding hydrogens is 328 g/mol. The van der Waals surface area contributed by atoms with Crippen LogP contribution >= 0.6 is 0 Å². The first-order chi connectivity index (χ1) is 11.2. The number of aliphatic hydroxyl groups excluding tert-OH is 1. The Morgan fingerprint density at radius 1 is 1.25 bits per heavy atom. The molecule has 1 unspecified atom stereocenters. The van der Waals surface area contributed by atoms with Crippen LogP contribution in [-0.4, -0.2) is 68.6 Å². The highest BCUT2D eigenvalue weighted by atomic mass is 32.2. The van der Waals surface area contributed by atoms with Gasteiger partial charge in [-0.2, -0.15) is 0 Å². The van der Waals surface area contributed by atoms with E-state index in [4.69, 9.17) is 4.74 Å². The lowest BCUT2D eigenvalue weighted by molar-refractivity contribution is -0.0456. The van der Waals surface area contributed by atoms with Gasteiger partial charge in [-0.3, -0.25) is 4.90 Å². The van der Waals surface area contributed by atoms with Crippen LogP contribution in [0.4, 0.5) is 0 Å². The molecule has 0 radical (unpaired) electrons. The lowest BCUT2D eigenvalue weighted by Crippen LogP contribution is -2.52. The standard InChI is InChI=1S/C17H28N2O4S/c1-4-24(21,22)15-7-5-14(6-8-15)23-17(2,3)16(20)13-19-11-9-18-10-12-19/h5-8,16,18,20H,4,9-13H2,1-3H3. The van der Waals surface area contributed by atoms with E-state index in [1.165, 1.54) is 0 Å². The molecule has 0 aromatic heterocycles. The van der Waals surface area contributed by atoms with Crippen molar-refractivity contribution < 1.29 is 18.3 Å². The van der Waals surface area contributed by atoms with E-state index in [2.05, 4.69) is 10.2 Å². The number of rotatable bonds is 7. The van der Waals surface area contributed by atoms with Crippen molar-refractivity contribution in [3.8, 4) is 5.75 Å². The molecule has 7 heteroatoms. The van der Waals surface area contributed by atoms with E-state index in [-0.39, 0.29) is 10.6 Å². The third kappa shape index (κ3) is 4.92. The number of aliphatic hydroxyl groups is 1. The molecule has 0 aliphatic carbocycles. The first-order valence-electron chi connectivity index (χ1n) is 8.37. The Hall–Kier alpha value is -1.15. The third-order valence-electron chi connectivity index (χ3n) is 4.39. The van der Waals surface area contributed by atoms with Crippen LogP contribution in [0.1, 0.15) is 20.8 Å². The fourth-order valence-electron chi connectivity index (χ4n) is 2.61. The second kappa shape index (κ2) is 7.82. The molecule has 136 valence electrons. The molecule has 0 bridgehead atoms. The van der Waals surface area contributed by atoms with Gasteiger partial charge in [0.1, 0.15) is 17.5 Å². The van der Waals surface area contributed by atoms with Gasteiger partial charge >= 0.3 is 0 Å². The van der Waals surface area contributed by atoms with E-state index in [9.17, 15) is 13.5 Å². The van der Waals surface area contributed by atoms with Crippen molar-refractivity contribution in [1.29, 1.82) is 0 Å². The summed E-state index contributed by atoms with van der Waals surface area (Å²) < 4.78 is 29.6. The minimum absolute atomic E-state index is 0.0715. The zero-order chi connectivity index (χ0) is 17.8. The molecule has 1 aromatic carbocycles. The van der Waals surface area contributed by atoms with Crippen LogP contribution < -0.4 is 10.1 Å². The molecule has 2 N–H and O–H groups in total. The topological polar surface area (TPSA) is 78.9 Å². The Morgan fingerprint density at radius 2 is 1.83 bits per heavy atom. The van der Waals surface area contributed by atoms with E-state index in [0.29, 0.717) is 12.3 Å². The zero-order valence-corrected chi connectivity index (χ0v) is 15.5. The van der Waals surface area contributed by atoms with Gasteiger partial charge in [0.25, 0.3) is 0 Å². The van der Waals surface area contributed by atoms with Crippen molar-refractivity contribution in [3.05, 3.63) is 24.3 Å². The molecule has 1 fully saturated rings. The maximum Gasteiger partial charge on any atom is 0.178 e. The molecule has 0 amide bonds. The third-order valence-corrected chi connectivity index (χ3v) is 6.14. The number of hydrogen-bond donors (Lipinski definition) is 2. The molecule has 0 saturated carbocycles. The lowest BCUT2D eigenvalue weighted by Gasteiger charge is -2.36. The first kappa shape index (κ1) is 19.2. The summed E-state index contributed by atoms with van der Waals surface area (Å²) in [6.45, 7) is 9.55. The number of ether oxygens (including phenoxy) is 1. The van der Waals surface area contributed by atoms with Crippen LogP contribution in [0.3, 0.4) is 0 Å². The van der Waals surface area contributed by atoms with Crippen molar-refractivity contribution in [3.63, 3.8) is 0 Å². The maximum atomic E-state index is 11.8. The fourth-order valence-corrected chi connectivity index (χ4v) is 3.50. The minimum Gasteiger partial charge on any atom is -0.485 e. The van der Waals surface area contributed by atoms with E-state index in [0.717, 1.165) is 26.2 Å². The van der Waals surface area contributed by atoms with Crippen molar-refractivity contribution in [1.82, 2.24) is 10.2 Å². The highest BCUT2D eigenvalue weighted by Crippen LogP contribution is 2.24. The van der Waals surface area contributed by atoms with Crippen molar-refractivity contribution in [2.75, 3.05) is 38.5 Å². The summed E-state index contributed by atoms with van der Waals surface area (Å²) in [6.07, 6.45) is -0.644. The number of nitrogens with zero attached hydrogens (tertiary/aromatic N) is 1. The van der Waals surface area contributed by atoms with Gasteiger partial charge in [0.15, 0.2) is 9.84 Å². The van der Waals surface area contributed by atoms with E-state index in [1.54, 1.807) is 31.2 Å². The van der Waals surface area contributed by atoms with Crippen LogP contribution in [0.2, 0.25) is 0 Å². The SMILES string of the molecule is CCS(=O)(=O)c1ccc(OC(C)(C)C(O)CN2CCNCC2)cc1. The Balaban J connectivity index is 1.99. The van der Waals surface area contributed by atoms with Crippen molar-refractivity contribution >= 4 is 9.84 Å². The van der Waals surface area contributed by atoms with Gasteiger partial charge in [0.05, 0.1) is 10.6 Å². The molecule has 24 heavy (non-hydrogen) atoms. The smallest absolute Gasteiger partial charge is 0.178 e. The van der Waals surface area contributed by atoms with E-state index in [1.807, 2.05) is 13.8 Å². The second-order valence-electron chi connectivity index (χ2n) is 6.65. The molecule has 1 atom stereocenters. The van der Waals surface area contributed by atoms with Crippen LogP contribution in [-0.2, 0) is 9.84 Å². The van der Waals surface area contributed by atoms with Crippen LogP contribution in [0.5, 0.6) is 5.75 Å². The summed E-state index contributed by atoms with van der Waals surface area (Å²) >= 11 is 0. The Labute approximate surface area is 144 Å². The number of piperazine rings is 1. The number of benzene rings is 1. The number of hydrogen-bond acceptors (Lipinski definition) is 6. The summed E-state index contributed by atoms with van der Waals surface area (Å²) in [6, 6.07) is 6.38. The van der Waals surface area contributed by atoms with Crippen LogP contribution in [0.15, 0.2) is 29.2 Å². The molecule has 2 rings (SSSR count). The highest BCUT2D eigenvalue weighted by molar-refractivity contribution is 7.91. The van der Waals surface area contributed by atoms with Crippen LogP contribution in [0.25, 0.3) is 0 Å². The molecule has 0 spiro atoms. The molecule has 1 aromatic rings. The summed E-state index contributed by atoms with van der Waals surface area (Å²) in [5.74, 6) is 0.622. The number of β-amino-alcohol motifs (C(OH)–C–C–N with tert-alkyl or cyclic N) is 1. The van der Waals surface area contributed by atoms with Crippen molar-refractivity contribution in [2.45, 2.75) is 37.4 Å². The second-order valence-corrected chi connectivity index (χ2v) is 8.92. The quantitative estimate of drug-likeness (QED) is 0.756. The molecule has 1 aliphatic heterocycles. The summed E-state index contributed by atoms with van der Waals surface area (Å²) in [5.41, 5.74) is -0.768. The monoisotopic (exact) mass is 356 g/mol. The number of nitrogens with one attached hydrogen (secondary N) is 1. The summed E-state index contributed by atoms with van der Waals surface area (Å²) in [5, 5.41) is 13.8. The summed E-state index contributed by atoms with van der Waals surface area (Å²) in [7, 11) is -3.21. The fraction of sp³-hybridized carbons (Fsp3) is 0.647. The highest BCUT2D eigenvalue weighted by Gasteiger charge is 2.32.